The highest BCUT2D eigenvalue weighted by molar-refractivity contribution is 7.89. The van der Waals surface area contributed by atoms with Gasteiger partial charge in [0, 0.05) is 6.08 Å². The summed E-state index contributed by atoms with van der Waals surface area (Å²) in [5.74, 6) is -0.226. The van der Waals surface area contributed by atoms with Crippen LogP contribution in [0.4, 0.5) is 5.69 Å². The number of rotatable bonds is 5. The number of halogens is 2. The lowest BCUT2D eigenvalue weighted by Gasteiger charge is -2.10. The zero-order valence-corrected chi connectivity index (χ0v) is 15.3. The highest BCUT2D eigenvalue weighted by Crippen LogP contribution is 2.28. The number of primary sulfonamides is 1. The van der Waals surface area contributed by atoms with Gasteiger partial charge in [-0.25, -0.2) is 13.6 Å². The normalized spacial score (nSPS) is 11.5. The van der Waals surface area contributed by atoms with E-state index in [0.29, 0.717) is 15.6 Å². The fourth-order valence-electron chi connectivity index (χ4n) is 1.95. The fraction of sp³-hybridized carbons (Fsp3) is 0.0625. The van der Waals surface area contributed by atoms with Crippen molar-refractivity contribution in [1.29, 1.82) is 0 Å². The molecular formula is C16H14Cl2N2O4S. The zero-order chi connectivity index (χ0) is 18.6. The van der Waals surface area contributed by atoms with E-state index in [1.54, 1.807) is 18.2 Å². The van der Waals surface area contributed by atoms with E-state index in [1.165, 1.54) is 37.5 Å². The molecule has 0 aromatic heterocycles. The topological polar surface area (TPSA) is 98.5 Å². The third kappa shape index (κ3) is 4.96. The van der Waals surface area contributed by atoms with Gasteiger partial charge in [-0.3, -0.25) is 4.79 Å². The highest BCUT2D eigenvalue weighted by atomic mass is 35.5. The molecule has 2 aromatic rings. The van der Waals surface area contributed by atoms with E-state index in [2.05, 4.69) is 5.32 Å². The molecule has 0 fully saturated rings. The summed E-state index contributed by atoms with van der Waals surface area (Å²) >= 11 is 11.9. The van der Waals surface area contributed by atoms with Crippen molar-refractivity contribution < 1.29 is 17.9 Å². The van der Waals surface area contributed by atoms with Gasteiger partial charge < -0.3 is 10.1 Å². The molecule has 0 spiro atoms. The Morgan fingerprint density at radius 2 is 1.96 bits per heavy atom. The van der Waals surface area contributed by atoms with Crippen LogP contribution < -0.4 is 15.2 Å². The van der Waals surface area contributed by atoms with Crippen molar-refractivity contribution in [2.45, 2.75) is 4.90 Å². The summed E-state index contributed by atoms with van der Waals surface area (Å²) in [6.07, 6.45) is 2.72. The standard InChI is InChI=1S/C16H14Cl2N2O4S/c1-24-14-7-6-11(25(19,22)23)9-13(14)20-15(21)8-5-10-3-2-4-12(17)16(10)18/h2-9H,1H3,(H,20,21)(H2,19,22,23). The van der Waals surface area contributed by atoms with Crippen LogP contribution in [-0.4, -0.2) is 21.4 Å². The van der Waals surface area contributed by atoms with Crippen molar-refractivity contribution in [3.05, 3.63) is 58.1 Å². The van der Waals surface area contributed by atoms with Crippen molar-refractivity contribution in [3.63, 3.8) is 0 Å². The number of methoxy groups -OCH3 is 1. The van der Waals surface area contributed by atoms with Gasteiger partial charge in [0.1, 0.15) is 5.75 Å². The molecule has 1 amide bonds. The maximum atomic E-state index is 12.1. The van der Waals surface area contributed by atoms with Gasteiger partial charge in [0.2, 0.25) is 15.9 Å². The van der Waals surface area contributed by atoms with Crippen LogP contribution in [-0.2, 0) is 14.8 Å². The lowest BCUT2D eigenvalue weighted by Crippen LogP contribution is -2.14. The number of nitrogens with two attached hydrogens (primary N) is 1. The molecule has 0 heterocycles. The molecule has 3 N–H and O–H groups in total. The Morgan fingerprint density at radius 1 is 1.24 bits per heavy atom. The molecule has 0 unspecified atom stereocenters. The average molecular weight is 401 g/mol. The Hall–Kier alpha value is -2.06. The molecule has 132 valence electrons. The SMILES string of the molecule is COc1ccc(S(N)(=O)=O)cc1NC(=O)C=Cc1cccc(Cl)c1Cl. The molecule has 0 aliphatic carbocycles. The number of benzene rings is 2. The first-order chi connectivity index (χ1) is 11.7. The molecule has 0 bridgehead atoms. The van der Waals surface area contributed by atoms with Crippen LogP contribution in [0.3, 0.4) is 0 Å². The second-order valence-electron chi connectivity index (χ2n) is 4.87. The third-order valence-corrected chi connectivity index (χ3v) is 4.90. The van der Waals surface area contributed by atoms with E-state index in [-0.39, 0.29) is 16.3 Å². The minimum atomic E-state index is -3.91. The summed E-state index contributed by atoms with van der Waals surface area (Å²) in [5, 5.41) is 8.31. The van der Waals surface area contributed by atoms with Gasteiger partial charge in [-0.2, -0.15) is 0 Å². The molecule has 0 saturated carbocycles. The van der Waals surface area contributed by atoms with Gasteiger partial charge in [-0.05, 0) is 35.9 Å². The summed E-state index contributed by atoms with van der Waals surface area (Å²) in [7, 11) is -2.52. The number of carbonyl (C=O) groups is 1. The summed E-state index contributed by atoms with van der Waals surface area (Å²) < 4.78 is 28.0. The van der Waals surface area contributed by atoms with E-state index < -0.39 is 15.9 Å². The minimum absolute atomic E-state index is 0.148. The van der Waals surface area contributed by atoms with E-state index in [9.17, 15) is 13.2 Å². The smallest absolute Gasteiger partial charge is 0.248 e. The minimum Gasteiger partial charge on any atom is -0.495 e. The average Bonchev–Trinajstić information content (AvgIpc) is 2.55. The maximum Gasteiger partial charge on any atom is 0.248 e. The van der Waals surface area contributed by atoms with E-state index in [4.69, 9.17) is 33.1 Å². The lowest BCUT2D eigenvalue weighted by molar-refractivity contribution is -0.111. The Balaban J connectivity index is 2.25. The predicted octanol–water partition coefficient (Wildman–Crippen LogP) is 3.30. The number of hydrogen-bond acceptors (Lipinski definition) is 4. The Morgan fingerprint density at radius 3 is 2.60 bits per heavy atom. The number of amides is 1. The molecule has 0 aliphatic rings. The van der Waals surface area contributed by atoms with Crippen molar-refractivity contribution in [3.8, 4) is 5.75 Å². The van der Waals surface area contributed by atoms with E-state index in [0.717, 1.165) is 0 Å². The predicted molar refractivity (Wildman–Crippen MR) is 98.5 cm³/mol. The fourth-order valence-corrected chi connectivity index (χ4v) is 2.86. The summed E-state index contributed by atoms with van der Waals surface area (Å²) in [5.41, 5.74) is 0.732. The second-order valence-corrected chi connectivity index (χ2v) is 7.22. The first-order valence-electron chi connectivity index (χ1n) is 6.86. The van der Waals surface area contributed by atoms with Crippen LogP contribution in [0, 0.1) is 0 Å². The van der Waals surface area contributed by atoms with Crippen LogP contribution in [0.25, 0.3) is 6.08 Å². The molecular weight excluding hydrogens is 387 g/mol. The van der Waals surface area contributed by atoms with Crippen LogP contribution >= 0.6 is 23.2 Å². The number of ether oxygens (including phenoxy) is 1. The van der Waals surface area contributed by atoms with Crippen LogP contribution in [0.15, 0.2) is 47.4 Å². The largest absolute Gasteiger partial charge is 0.495 e. The zero-order valence-electron chi connectivity index (χ0n) is 13.0. The number of hydrogen-bond donors (Lipinski definition) is 2. The van der Waals surface area contributed by atoms with Crippen molar-refractivity contribution in [2.75, 3.05) is 12.4 Å². The lowest BCUT2D eigenvalue weighted by atomic mass is 10.2. The van der Waals surface area contributed by atoms with Gasteiger partial charge >= 0.3 is 0 Å². The Labute approximate surface area is 155 Å². The summed E-state index contributed by atoms with van der Waals surface area (Å²) in [6, 6.07) is 8.92. The quantitative estimate of drug-likeness (QED) is 0.751. The van der Waals surface area contributed by atoms with Gasteiger partial charge in [-0.15, -0.1) is 0 Å². The molecule has 9 heteroatoms. The first kappa shape index (κ1) is 19.3. The number of sulfonamides is 1. The number of anilines is 1. The first-order valence-corrected chi connectivity index (χ1v) is 9.16. The third-order valence-electron chi connectivity index (χ3n) is 3.15. The van der Waals surface area contributed by atoms with E-state index >= 15 is 0 Å². The summed E-state index contributed by atoms with van der Waals surface area (Å²) in [4.78, 5) is 12.0. The van der Waals surface area contributed by atoms with Crippen LogP contribution in [0.2, 0.25) is 10.0 Å². The van der Waals surface area contributed by atoms with Gasteiger partial charge in [-0.1, -0.05) is 35.3 Å². The maximum absolute atomic E-state index is 12.1. The van der Waals surface area contributed by atoms with Crippen LogP contribution in [0.5, 0.6) is 5.75 Å². The van der Waals surface area contributed by atoms with Gasteiger partial charge in [0.05, 0.1) is 27.7 Å². The molecule has 2 rings (SSSR count). The molecule has 2 aromatic carbocycles. The second kappa shape index (κ2) is 7.88. The molecule has 0 saturated heterocycles. The van der Waals surface area contributed by atoms with Crippen molar-refractivity contribution in [1.82, 2.24) is 0 Å². The van der Waals surface area contributed by atoms with Gasteiger partial charge in [0.25, 0.3) is 0 Å². The van der Waals surface area contributed by atoms with Crippen molar-refractivity contribution >= 4 is 50.9 Å². The number of carbonyl (C=O) groups excluding carboxylic acids is 1. The molecule has 0 aliphatic heterocycles. The molecule has 0 atom stereocenters. The molecule has 6 nitrogen and oxygen atoms in total. The molecule has 25 heavy (non-hydrogen) atoms. The monoisotopic (exact) mass is 400 g/mol. The number of nitrogens with one attached hydrogen (secondary N) is 1. The Bertz CT molecular complexity index is 943. The van der Waals surface area contributed by atoms with Crippen molar-refractivity contribution in [2.24, 2.45) is 5.14 Å². The van der Waals surface area contributed by atoms with E-state index in [1.807, 2.05) is 0 Å². The molecule has 0 radical (unpaired) electrons. The van der Waals surface area contributed by atoms with Gasteiger partial charge in [0.15, 0.2) is 0 Å². The summed E-state index contributed by atoms with van der Waals surface area (Å²) in [6.45, 7) is 0. The van der Waals surface area contributed by atoms with Crippen LogP contribution in [0.1, 0.15) is 5.56 Å². The Kier molecular flexibility index (Phi) is 6.07. The highest BCUT2D eigenvalue weighted by Gasteiger charge is 2.13.